The van der Waals surface area contributed by atoms with Gasteiger partial charge in [0.2, 0.25) is 0 Å². The molecule has 1 aromatic heterocycles. The summed E-state index contributed by atoms with van der Waals surface area (Å²) in [6, 6.07) is 8.11. The Balaban J connectivity index is 1.70. The SMILES string of the molecule is COc1ccc(-c2nc(C(=O)N(C)C3CCC(C)CC3)cs2)cc1. The first-order valence-corrected chi connectivity index (χ1v) is 9.33. The molecular formula is C19H24N2O2S. The molecule has 1 amide bonds. The molecule has 0 N–H and O–H groups in total. The number of carbonyl (C=O) groups excluding carboxylic acids is 1. The van der Waals surface area contributed by atoms with Crippen LogP contribution in [0.3, 0.4) is 0 Å². The highest BCUT2D eigenvalue weighted by molar-refractivity contribution is 7.13. The van der Waals surface area contributed by atoms with Gasteiger partial charge in [0.25, 0.3) is 5.91 Å². The highest BCUT2D eigenvalue weighted by atomic mass is 32.1. The number of thiazole rings is 1. The van der Waals surface area contributed by atoms with Gasteiger partial charge in [-0.15, -0.1) is 11.3 Å². The molecule has 1 fully saturated rings. The molecule has 1 aromatic carbocycles. The molecule has 0 bridgehead atoms. The van der Waals surface area contributed by atoms with Crippen LogP contribution in [0.2, 0.25) is 0 Å². The maximum Gasteiger partial charge on any atom is 0.273 e. The maximum absolute atomic E-state index is 12.7. The van der Waals surface area contributed by atoms with Crippen LogP contribution in [0.25, 0.3) is 10.6 Å². The zero-order valence-electron chi connectivity index (χ0n) is 14.5. The number of aromatic nitrogens is 1. The van der Waals surface area contributed by atoms with Gasteiger partial charge in [0, 0.05) is 24.0 Å². The van der Waals surface area contributed by atoms with Crippen LogP contribution in [0.15, 0.2) is 29.6 Å². The van der Waals surface area contributed by atoms with Crippen molar-refractivity contribution in [2.24, 2.45) is 5.92 Å². The number of benzene rings is 1. The van der Waals surface area contributed by atoms with E-state index in [-0.39, 0.29) is 5.91 Å². The Morgan fingerprint density at radius 2 is 1.88 bits per heavy atom. The third-order valence-corrected chi connectivity index (χ3v) is 5.81. The van der Waals surface area contributed by atoms with E-state index < -0.39 is 0 Å². The van der Waals surface area contributed by atoms with Crippen LogP contribution in [-0.2, 0) is 0 Å². The molecule has 5 heteroatoms. The Kier molecular flexibility index (Phi) is 5.19. The lowest BCUT2D eigenvalue weighted by atomic mass is 9.87. The Morgan fingerprint density at radius 3 is 2.50 bits per heavy atom. The molecule has 4 nitrogen and oxygen atoms in total. The normalized spacial score (nSPS) is 20.6. The maximum atomic E-state index is 12.7. The van der Waals surface area contributed by atoms with E-state index in [2.05, 4.69) is 11.9 Å². The van der Waals surface area contributed by atoms with Crippen molar-refractivity contribution in [3.63, 3.8) is 0 Å². The summed E-state index contributed by atoms with van der Waals surface area (Å²) < 4.78 is 5.18. The highest BCUT2D eigenvalue weighted by Gasteiger charge is 2.26. The average Bonchev–Trinajstić information content (AvgIpc) is 3.11. The molecule has 0 aliphatic heterocycles. The van der Waals surface area contributed by atoms with Crippen LogP contribution in [0.4, 0.5) is 0 Å². The van der Waals surface area contributed by atoms with Crippen molar-refractivity contribution in [1.82, 2.24) is 9.88 Å². The predicted molar refractivity (Wildman–Crippen MR) is 97.6 cm³/mol. The molecule has 0 spiro atoms. The number of carbonyl (C=O) groups is 1. The van der Waals surface area contributed by atoms with E-state index >= 15 is 0 Å². The summed E-state index contributed by atoms with van der Waals surface area (Å²) in [5.74, 6) is 1.63. The largest absolute Gasteiger partial charge is 0.497 e. The fourth-order valence-electron chi connectivity index (χ4n) is 3.21. The minimum Gasteiger partial charge on any atom is -0.497 e. The van der Waals surface area contributed by atoms with Crippen molar-refractivity contribution in [3.8, 4) is 16.3 Å². The topological polar surface area (TPSA) is 42.4 Å². The summed E-state index contributed by atoms with van der Waals surface area (Å²) in [5, 5.41) is 2.73. The zero-order chi connectivity index (χ0) is 17.1. The van der Waals surface area contributed by atoms with E-state index in [9.17, 15) is 4.79 Å². The third kappa shape index (κ3) is 3.61. The van der Waals surface area contributed by atoms with Crippen molar-refractivity contribution in [2.45, 2.75) is 38.6 Å². The molecular weight excluding hydrogens is 320 g/mol. The number of rotatable bonds is 4. The van der Waals surface area contributed by atoms with Crippen LogP contribution in [0.1, 0.15) is 43.1 Å². The van der Waals surface area contributed by atoms with Crippen molar-refractivity contribution in [3.05, 3.63) is 35.3 Å². The van der Waals surface area contributed by atoms with Gasteiger partial charge in [-0.25, -0.2) is 4.98 Å². The van der Waals surface area contributed by atoms with Gasteiger partial charge in [0.15, 0.2) is 0 Å². The summed E-state index contributed by atoms with van der Waals surface area (Å²) >= 11 is 1.51. The zero-order valence-corrected chi connectivity index (χ0v) is 15.3. The lowest BCUT2D eigenvalue weighted by molar-refractivity contribution is 0.0674. The lowest BCUT2D eigenvalue weighted by Crippen LogP contribution is -2.39. The van der Waals surface area contributed by atoms with Crippen molar-refractivity contribution in [1.29, 1.82) is 0 Å². The second-order valence-electron chi connectivity index (χ2n) is 6.60. The van der Waals surface area contributed by atoms with Gasteiger partial charge in [-0.3, -0.25) is 4.79 Å². The van der Waals surface area contributed by atoms with E-state index in [0.29, 0.717) is 11.7 Å². The molecule has 0 saturated heterocycles. The van der Waals surface area contributed by atoms with E-state index in [1.165, 1.54) is 24.2 Å². The highest BCUT2D eigenvalue weighted by Crippen LogP contribution is 2.29. The van der Waals surface area contributed by atoms with Gasteiger partial charge in [-0.05, 0) is 55.9 Å². The molecule has 0 radical (unpaired) electrons. The number of methoxy groups -OCH3 is 1. The Bertz CT molecular complexity index is 688. The van der Waals surface area contributed by atoms with Crippen LogP contribution >= 0.6 is 11.3 Å². The first kappa shape index (κ1) is 17.0. The summed E-state index contributed by atoms with van der Waals surface area (Å²) in [7, 11) is 3.56. The third-order valence-electron chi connectivity index (χ3n) is 4.91. The standard InChI is InChI=1S/C19H24N2O2S/c1-13-4-8-15(9-5-13)21(2)19(22)17-12-24-18(20-17)14-6-10-16(23-3)11-7-14/h6-7,10-13,15H,4-5,8-9H2,1-3H3. The number of amides is 1. The summed E-state index contributed by atoms with van der Waals surface area (Å²) in [6.07, 6.45) is 4.60. The number of ether oxygens (including phenoxy) is 1. The molecule has 0 unspecified atom stereocenters. The lowest BCUT2D eigenvalue weighted by Gasteiger charge is -2.33. The van der Waals surface area contributed by atoms with Crippen LogP contribution in [-0.4, -0.2) is 36.0 Å². The summed E-state index contributed by atoms with van der Waals surface area (Å²) in [5.41, 5.74) is 1.56. The van der Waals surface area contributed by atoms with E-state index in [4.69, 9.17) is 4.74 Å². The first-order valence-electron chi connectivity index (χ1n) is 8.45. The number of hydrogen-bond acceptors (Lipinski definition) is 4. The second-order valence-corrected chi connectivity index (χ2v) is 7.45. The predicted octanol–water partition coefficient (Wildman–Crippen LogP) is 4.47. The number of nitrogens with zero attached hydrogens (tertiary/aromatic N) is 2. The van der Waals surface area contributed by atoms with Gasteiger partial charge in [-0.1, -0.05) is 6.92 Å². The van der Waals surface area contributed by atoms with Gasteiger partial charge < -0.3 is 9.64 Å². The molecule has 128 valence electrons. The van der Waals surface area contributed by atoms with Crippen molar-refractivity contribution in [2.75, 3.05) is 14.2 Å². The molecule has 24 heavy (non-hydrogen) atoms. The molecule has 0 atom stereocenters. The minimum absolute atomic E-state index is 0.0329. The quantitative estimate of drug-likeness (QED) is 0.822. The van der Waals surface area contributed by atoms with E-state index in [1.54, 1.807) is 7.11 Å². The van der Waals surface area contributed by atoms with E-state index in [0.717, 1.165) is 35.1 Å². The Labute approximate surface area is 147 Å². The molecule has 3 rings (SSSR count). The number of hydrogen-bond donors (Lipinski definition) is 0. The molecule has 2 aromatic rings. The fraction of sp³-hybridized carbons (Fsp3) is 0.474. The summed E-state index contributed by atoms with van der Waals surface area (Å²) in [4.78, 5) is 19.2. The van der Waals surface area contributed by atoms with Gasteiger partial charge in [0.1, 0.15) is 16.5 Å². The van der Waals surface area contributed by atoms with Crippen LogP contribution < -0.4 is 4.74 Å². The van der Waals surface area contributed by atoms with Crippen molar-refractivity contribution >= 4 is 17.2 Å². The molecule has 1 aliphatic carbocycles. The monoisotopic (exact) mass is 344 g/mol. The Morgan fingerprint density at radius 1 is 1.21 bits per heavy atom. The summed E-state index contributed by atoms with van der Waals surface area (Å²) in [6.45, 7) is 2.29. The van der Waals surface area contributed by atoms with Crippen LogP contribution in [0.5, 0.6) is 5.75 Å². The van der Waals surface area contributed by atoms with Gasteiger partial charge in [-0.2, -0.15) is 0 Å². The average molecular weight is 344 g/mol. The second kappa shape index (κ2) is 7.34. The first-order chi connectivity index (χ1) is 11.6. The molecule has 1 heterocycles. The van der Waals surface area contributed by atoms with Gasteiger partial charge >= 0.3 is 0 Å². The van der Waals surface area contributed by atoms with Crippen LogP contribution in [0, 0.1) is 5.92 Å². The van der Waals surface area contributed by atoms with Gasteiger partial charge in [0.05, 0.1) is 7.11 Å². The molecule has 1 saturated carbocycles. The Hall–Kier alpha value is -1.88. The van der Waals surface area contributed by atoms with Crippen molar-refractivity contribution < 1.29 is 9.53 Å². The molecule has 1 aliphatic rings. The smallest absolute Gasteiger partial charge is 0.273 e. The minimum atomic E-state index is 0.0329. The van der Waals surface area contributed by atoms with E-state index in [1.807, 2.05) is 41.6 Å². The fourth-order valence-corrected chi connectivity index (χ4v) is 4.01.